The van der Waals surface area contributed by atoms with E-state index in [-0.39, 0.29) is 0 Å². The highest BCUT2D eigenvalue weighted by Crippen LogP contribution is 2.33. The van der Waals surface area contributed by atoms with Crippen LogP contribution in [0.25, 0.3) is 0 Å². The van der Waals surface area contributed by atoms with Gasteiger partial charge in [-0.2, -0.15) is 0 Å². The molecule has 1 saturated heterocycles. The molecule has 0 atom stereocenters. The smallest absolute Gasteiger partial charge is 0.0413 e. The number of hydrogen-bond donors (Lipinski definition) is 1. The molecule has 1 heterocycles. The summed E-state index contributed by atoms with van der Waals surface area (Å²) in [6, 6.07) is 6.32. The van der Waals surface area contributed by atoms with Gasteiger partial charge in [0.15, 0.2) is 0 Å². The number of halogens is 1. The van der Waals surface area contributed by atoms with Gasteiger partial charge in [0.1, 0.15) is 0 Å². The summed E-state index contributed by atoms with van der Waals surface area (Å²) in [5.41, 5.74) is 3.08. The first-order chi connectivity index (χ1) is 9.52. The second-order valence-electron chi connectivity index (χ2n) is 6.64. The molecule has 0 aliphatic carbocycles. The monoisotopic (exact) mass is 294 g/mol. The number of benzene rings is 1. The van der Waals surface area contributed by atoms with E-state index < -0.39 is 0 Å². The molecule has 0 radical (unpaired) electrons. The molecule has 1 aromatic carbocycles. The van der Waals surface area contributed by atoms with E-state index in [0.717, 1.165) is 37.6 Å². The molecular formula is C17H27ClN2. The van der Waals surface area contributed by atoms with Crippen molar-refractivity contribution in [2.24, 2.45) is 5.41 Å². The Bertz CT molecular complexity index is 443. The van der Waals surface area contributed by atoms with Crippen LogP contribution in [-0.4, -0.2) is 19.6 Å². The van der Waals surface area contributed by atoms with Gasteiger partial charge in [0.25, 0.3) is 0 Å². The van der Waals surface area contributed by atoms with Crippen molar-refractivity contribution in [2.75, 3.05) is 24.5 Å². The third-order valence-corrected chi connectivity index (χ3v) is 4.26. The Morgan fingerprint density at radius 3 is 2.85 bits per heavy atom. The highest BCUT2D eigenvalue weighted by molar-refractivity contribution is 6.30. The van der Waals surface area contributed by atoms with E-state index in [2.05, 4.69) is 43.1 Å². The topological polar surface area (TPSA) is 15.3 Å². The van der Waals surface area contributed by atoms with Crippen molar-refractivity contribution in [2.45, 2.75) is 46.6 Å². The lowest BCUT2D eigenvalue weighted by atomic mass is 9.84. The molecule has 1 aliphatic heterocycles. The maximum atomic E-state index is 6.18. The van der Waals surface area contributed by atoms with E-state index in [1.807, 2.05) is 6.07 Å². The molecule has 0 spiro atoms. The number of nitrogens with one attached hydrogen (secondary N) is 1. The van der Waals surface area contributed by atoms with Gasteiger partial charge < -0.3 is 10.2 Å². The molecule has 3 heteroatoms. The van der Waals surface area contributed by atoms with Crippen molar-refractivity contribution >= 4 is 17.3 Å². The molecule has 2 rings (SSSR count). The lowest BCUT2D eigenvalue weighted by molar-refractivity contribution is 0.293. The number of rotatable bonds is 5. The molecule has 0 unspecified atom stereocenters. The maximum Gasteiger partial charge on any atom is 0.0413 e. The quantitative estimate of drug-likeness (QED) is 0.806. The number of anilines is 1. The Kier molecular flexibility index (Phi) is 5.34. The highest BCUT2D eigenvalue weighted by atomic mass is 35.5. The van der Waals surface area contributed by atoms with Crippen molar-refractivity contribution < 1.29 is 0 Å². The summed E-state index contributed by atoms with van der Waals surface area (Å²) in [5.74, 6) is 0. The molecule has 2 nitrogen and oxygen atoms in total. The van der Waals surface area contributed by atoms with Gasteiger partial charge >= 0.3 is 0 Å². The molecule has 20 heavy (non-hydrogen) atoms. The maximum absolute atomic E-state index is 6.18. The molecule has 112 valence electrons. The highest BCUT2D eigenvalue weighted by Gasteiger charge is 2.27. The van der Waals surface area contributed by atoms with Crippen LogP contribution in [0, 0.1) is 5.41 Å². The average molecular weight is 295 g/mol. The van der Waals surface area contributed by atoms with Crippen LogP contribution >= 0.6 is 11.6 Å². The fraction of sp³-hybridized carbons (Fsp3) is 0.647. The van der Waals surface area contributed by atoms with Gasteiger partial charge in [0.2, 0.25) is 0 Å². The Hall–Kier alpha value is -0.730. The van der Waals surface area contributed by atoms with E-state index >= 15 is 0 Å². The average Bonchev–Trinajstić information content (AvgIpc) is 2.38. The first-order valence-corrected chi connectivity index (χ1v) is 8.14. The summed E-state index contributed by atoms with van der Waals surface area (Å²) < 4.78 is 0. The molecule has 0 bridgehead atoms. The van der Waals surface area contributed by atoms with Crippen molar-refractivity contribution in [3.05, 3.63) is 28.8 Å². The number of nitrogens with zero attached hydrogens (tertiary/aromatic N) is 1. The predicted octanol–water partition coefficient (Wildman–Crippen LogP) is 4.47. The molecule has 1 aromatic rings. The van der Waals surface area contributed by atoms with E-state index in [1.54, 1.807) is 0 Å². The van der Waals surface area contributed by atoms with Crippen molar-refractivity contribution in [3.63, 3.8) is 0 Å². The second-order valence-corrected chi connectivity index (χ2v) is 7.08. The molecule has 0 amide bonds. The minimum atomic E-state index is 0.409. The van der Waals surface area contributed by atoms with Gasteiger partial charge in [-0.25, -0.2) is 0 Å². The van der Waals surface area contributed by atoms with Crippen LogP contribution in [-0.2, 0) is 6.54 Å². The Morgan fingerprint density at radius 2 is 2.15 bits per heavy atom. The zero-order chi connectivity index (χ0) is 14.6. The summed E-state index contributed by atoms with van der Waals surface area (Å²) >= 11 is 6.18. The van der Waals surface area contributed by atoms with E-state index in [4.69, 9.17) is 11.6 Å². The summed E-state index contributed by atoms with van der Waals surface area (Å²) in [4.78, 5) is 2.53. The number of hydrogen-bond acceptors (Lipinski definition) is 2. The van der Waals surface area contributed by atoms with Crippen LogP contribution in [0.1, 0.15) is 45.6 Å². The van der Waals surface area contributed by atoms with Crippen molar-refractivity contribution in [1.82, 2.24) is 5.32 Å². The van der Waals surface area contributed by atoms with E-state index in [1.165, 1.54) is 24.1 Å². The minimum Gasteiger partial charge on any atom is -0.371 e. The largest absolute Gasteiger partial charge is 0.371 e. The van der Waals surface area contributed by atoms with Crippen LogP contribution in [0.2, 0.25) is 5.02 Å². The van der Waals surface area contributed by atoms with Crippen molar-refractivity contribution in [3.8, 4) is 0 Å². The third-order valence-electron chi connectivity index (χ3n) is 4.02. The Labute approximate surface area is 128 Å². The zero-order valence-corrected chi connectivity index (χ0v) is 13.8. The summed E-state index contributed by atoms with van der Waals surface area (Å²) in [6.45, 7) is 11.2. The van der Waals surface area contributed by atoms with Crippen LogP contribution in [0.4, 0.5) is 5.69 Å². The SMILES string of the molecule is CCCNCc1cc(Cl)ccc1N1CCCC(C)(C)C1. The second kappa shape index (κ2) is 6.82. The summed E-state index contributed by atoms with van der Waals surface area (Å²) in [7, 11) is 0. The van der Waals surface area contributed by atoms with Gasteiger partial charge in [-0.3, -0.25) is 0 Å². The van der Waals surface area contributed by atoms with Crippen LogP contribution in [0.3, 0.4) is 0 Å². The Balaban J connectivity index is 2.17. The lowest BCUT2D eigenvalue weighted by Crippen LogP contribution is -2.40. The van der Waals surface area contributed by atoms with Crippen LogP contribution < -0.4 is 10.2 Å². The fourth-order valence-corrected chi connectivity index (χ4v) is 3.23. The zero-order valence-electron chi connectivity index (χ0n) is 13.0. The fourth-order valence-electron chi connectivity index (χ4n) is 3.03. The molecule has 0 saturated carbocycles. The van der Waals surface area contributed by atoms with Crippen molar-refractivity contribution in [1.29, 1.82) is 0 Å². The van der Waals surface area contributed by atoms with E-state index in [9.17, 15) is 0 Å². The Morgan fingerprint density at radius 1 is 1.35 bits per heavy atom. The summed E-state index contributed by atoms with van der Waals surface area (Å²) in [5, 5.41) is 4.33. The van der Waals surface area contributed by atoms with Gasteiger partial charge in [-0.15, -0.1) is 0 Å². The predicted molar refractivity (Wildman–Crippen MR) is 88.7 cm³/mol. The first kappa shape index (κ1) is 15.7. The van der Waals surface area contributed by atoms with Gasteiger partial charge in [0, 0.05) is 30.3 Å². The third kappa shape index (κ3) is 4.13. The lowest BCUT2D eigenvalue weighted by Gasteiger charge is -2.40. The van der Waals surface area contributed by atoms with E-state index in [0.29, 0.717) is 5.41 Å². The molecular weight excluding hydrogens is 268 g/mol. The normalized spacial score (nSPS) is 18.3. The first-order valence-electron chi connectivity index (χ1n) is 7.76. The standard InChI is InChI=1S/C17H27ClN2/c1-4-9-19-12-14-11-15(18)6-7-16(14)20-10-5-8-17(2,3)13-20/h6-7,11,19H,4-5,8-10,12-13H2,1-3H3. The molecule has 1 fully saturated rings. The minimum absolute atomic E-state index is 0.409. The van der Waals surface area contributed by atoms with Crippen LogP contribution in [0.15, 0.2) is 18.2 Å². The molecule has 1 N–H and O–H groups in total. The molecule has 1 aliphatic rings. The number of piperidine rings is 1. The van der Waals surface area contributed by atoms with Gasteiger partial charge in [-0.05, 0) is 55.0 Å². The molecule has 0 aromatic heterocycles. The van der Waals surface area contributed by atoms with Crippen LogP contribution in [0.5, 0.6) is 0 Å². The van der Waals surface area contributed by atoms with Gasteiger partial charge in [0.05, 0.1) is 0 Å². The van der Waals surface area contributed by atoms with Gasteiger partial charge in [-0.1, -0.05) is 32.4 Å². The summed E-state index contributed by atoms with van der Waals surface area (Å²) in [6.07, 6.45) is 3.75.